The molecular formula is C27H25ClFN3O4S. The minimum Gasteiger partial charge on any atom is -0.493 e. The van der Waals surface area contributed by atoms with Gasteiger partial charge in [-0.15, -0.1) is 0 Å². The van der Waals surface area contributed by atoms with Gasteiger partial charge in [-0.3, -0.25) is 14.5 Å². The third-order valence-corrected chi connectivity index (χ3v) is 7.03. The Morgan fingerprint density at radius 3 is 2.54 bits per heavy atom. The second-order valence-corrected chi connectivity index (χ2v) is 9.78. The van der Waals surface area contributed by atoms with Crippen LogP contribution >= 0.6 is 23.4 Å². The van der Waals surface area contributed by atoms with Gasteiger partial charge in [0.05, 0.1) is 19.9 Å². The molecule has 3 aromatic rings. The van der Waals surface area contributed by atoms with Crippen molar-refractivity contribution in [2.45, 2.75) is 18.1 Å². The minimum atomic E-state index is -0.649. The topological polar surface area (TPSA) is 80.2 Å². The molecule has 7 nitrogen and oxygen atoms in total. The highest BCUT2D eigenvalue weighted by Crippen LogP contribution is 2.33. The number of hydrogen-bond acceptors (Lipinski definition) is 6. The molecule has 1 atom stereocenters. The number of halogens is 2. The standard InChI is InChI=1S/C27H25ClFN3O4S/c1-35-22-11-6-17(14-23(22)36-2)12-13-32-26(34)24(16-25(33)30-21-5-3-4-18(28)15-21)37-27(32)31-20-9-7-19(29)8-10-20/h3-11,14-15,24H,12-13,16H2,1-2H3,(H,30,33)/t24-/m1/s1. The number of anilines is 1. The molecule has 0 spiro atoms. The fourth-order valence-corrected chi connectivity index (χ4v) is 5.15. The summed E-state index contributed by atoms with van der Waals surface area (Å²) in [6, 6.07) is 18.1. The molecule has 0 aliphatic carbocycles. The molecule has 1 heterocycles. The summed E-state index contributed by atoms with van der Waals surface area (Å²) >= 11 is 7.22. The minimum absolute atomic E-state index is 0.0364. The number of methoxy groups -OCH3 is 2. The van der Waals surface area contributed by atoms with Gasteiger partial charge in [-0.1, -0.05) is 35.5 Å². The lowest BCUT2D eigenvalue weighted by Crippen LogP contribution is -2.35. The summed E-state index contributed by atoms with van der Waals surface area (Å²) in [6.07, 6.45) is 0.488. The van der Waals surface area contributed by atoms with Gasteiger partial charge in [0.1, 0.15) is 11.1 Å². The zero-order chi connectivity index (χ0) is 26.4. The van der Waals surface area contributed by atoms with Crippen molar-refractivity contribution in [2.24, 2.45) is 4.99 Å². The molecule has 1 aliphatic heterocycles. The summed E-state index contributed by atoms with van der Waals surface area (Å²) in [7, 11) is 3.13. The first-order valence-electron chi connectivity index (χ1n) is 11.4. The van der Waals surface area contributed by atoms with Gasteiger partial charge in [0.25, 0.3) is 0 Å². The first-order chi connectivity index (χ1) is 17.9. The largest absolute Gasteiger partial charge is 0.493 e. The number of amides is 2. The maximum atomic E-state index is 13.4. The van der Waals surface area contributed by atoms with Gasteiger partial charge in [-0.05, 0) is 66.6 Å². The van der Waals surface area contributed by atoms with Gasteiger partial charge in [0.2, 0.25) is 11.8 Å². The van der Waals surface area contributed by atoms with Crippen molar-refractivity contribution in [3.05, 3.63) is 83.1 Å². The van der Waals surface area contributed by atoms with Crippen LogP contribution in [0, 0.1) is 5.82 Å². The second-order valence-electron chi connectivity index (χ2n) is 8.17. The van der Waals surface area contributed by atoms with E-state index in [1.165, 1.54) is 23.9 Å². The Bertz CT molecular complexity index is 1320. The average Bonchev–Trinajstić information content (AvgIpc) is 3.17. The number of rotatable bonds is 9. The van der Waals surface area contributed by atoms with E-state index in [-0.39, 0.29) is 24.1 Å². The van der Waals surface area contributed by atoms with Crippen LogP contribution < -0.4 is 14.8 Å². The number of benzene rings is 3. The van der Waals surface area contributed by atoms with Crippen LogP contribution in [0.25, 0.3) is 0 Å². The number of amidine groups is 1. The zero-order valence-electron chi connectivity index (χ0n) is 20.2. The Morgan fingerprint density at radius 1 is 1.08 bits per heavy atom. The molecule has 2 amide bonds. The van der Waals surface area contributed by atoms with E-state index in [9.17, 15) is 14.0 Å². The van der Waals surface area contributed by atoms with E-state index < -0.39 is 5.25 Å². The van der Waals surface area contributed by atoms with Gasteiger partial charge in [-0.2, -0.15) is 0 Å². The first-order valence-corrected chi connectivity index (χ1v) is 12.7. The molecule has 0 radical (unpaired) electrons. The predicted octanol–water partition coefficient (Wildman–Crippen LogP) is 5.70. The van der Waals surface area contributed by atoms with E-state index in [0.29, 0.717) is 46.0 Å². The van der Waals surface area contributed by atoms with Crippen molar-refractivity contribution in [1.29, 1.82) is 0 Å². The van der Waals surface area contributed by atoms with Crippen LogP contribution in [0.2, 0.25) is 5.02 Å². The fourth-order valence-electron chi connectivity index (χ4n) is 3.78. The maximum Gasteiger partial charge on any atom is 0.242 e. The number of hydrogen-bond donors (Lipinski definition) is 1. The van der Waals surface area contributed by atoms with Gasteiger partial charge in [-0.25, -0.2) is 9.38 Å². The summed E-state index contributed by atoms with van der Waals surface area (Å²) in [6.45, 7) is 0.341. The first kappa shape index (κ1) is 26.5. The lowest BCUT2D eigenvalue weighted by Gasteiger charge is -2.17. The Morgan fingerprint density at radius 2 is 1.84 bits per heavy atom. The zero-order valence-corrected chi connectivity index (χ0v) is 21.8. The van der Waals surface area contributed by atoms with Gasteiger partial charge >= 0.3 is 0 Å². The molecule has 0 saturated carbocycles. The summed E-state index contributed by atoms with van der Waals surface area (Å²) in [5, 5.41) is 3.09. The number of ether oxygens (including phenoxy) is 2. The monoisotopic (exact) mass is 541 g/mol. The van der Waals surface area contributed by atoms with Crippen LogP contribution in [0.4, 0.5) is 15.8 Å². The third-order valence-electron chi connectivity index (χ3n) is 5.62. The highest BCUT2D eigenvalue weighted by Gasteiger charge is 2.39. The Kier molecular flexibility index (Phi) is 8.68. The van der Waals surface area contributed by atoms with Crippen molar-refractivity contribution in [3.63, 3.8) is 0 Å². The number of nitrogens with one attached hydrogen (secondary N) is 1. The van der Waals surface area contributed by atoms with Gasteiger partial charge < -0.3 is 14.8 Å². The average molecular weight is 542 g/mol. The number of carbonyl (C=O) groups is 2. The molecule has 1 fully saturated rings. The number of nitrogens with zero attached hydrogens (tertiary/aromatic N) is 2. The molecule has 0 unspecified atom stereocenters. The van der Waals surface area contributed by atoms with Gasteiger partial charge in [0.15, 0.2) is 16.7 Å². The molecule has 10 heteroatoms. The molecule has 1 aliphatic rings. The Balaban J connectivity index is 1.52. The SMILES string of the molecule is COc1ccc(CCN2C(=O)[C@@H](CC(=O)Nc3cccc(Cl)c3)SC2=Nc2ccc(F)cc2)cc1OC. The number of thioether (sulfide) groups is 1. The van der Waals surface area contributed by atoms with Crippen LogP contribution in [0.3, 0.4) is 0 Å². The van der Waals surface area contributed by atoms with E-state index in [2.05, 4.69) is 10.3 Å². The summed E-state index contributed by atoms with van der Waals surface area (Å²) < 4.78 is 24.1. The van der Waals surface area contributed by atoms with Crippen molar-refractivity contribution in [3.8, 4) is 11.5 Å². The highest BCUT2D eigenvalue weighted by molar-refractivity contribution is 8.15. The van der Waals surface area contributed by atoms with Crippen LogP contribution in [-0.4, -0.2) is 47.9 Å². The van der Waals surface area contributed by atoms with Crippen LogP contribution in [0.15, 0.2) is 71.7 Å². The van der Waals surface area contributed by atoms with Crippen molar-refractivity contribution >= 4 is 51.7 Å². The highest BCUT2D eigenvalue weighted by atomic mass is 35.5. The molecule has 4 rings (SSSR count). The molecule has 1 saturated heterocycles. The summed E-state index contributed by atoms with van der Waals surface area (Å²) in [5.74, 6) is 0.310. The normalized spacial score (nSPS) is 16.2. The summed E-state index contributed by atoms with van der Waals surface area (Å²) in [5.41, 5.74) is 2.01. The number of carbonyl (C=O) groups excluding carboxylic acids is 2. The van der Waals surface area contributed by atoms with E-state index in [1.54, 1.807) is 55.5 Å². The predicted molar refractivity (Wildman–Crippen MR) is 145 cm³/mol. The maximum absolute atomic E-state index is 13.4. The van der Waals surface area contributed by atoms with E-state index >= 15 is 0 Å². The molecule has 0 bridgehead atoms. The lowest BCUT2D eigenvalue weighted by atomic mass is 10.1. The van der Waals surface area contributed by atoms with Crippen LogP contribution in [0.5, 0.6) is 11.5 Å². The molecule has 3 aromatic carbocycles. The van der Waals surface area contributed by atoms with E-state index in [4.69, 9.17) is 21.1 Å². The molecule has 0 aromatic heterocycles. The number of aliphatic imine (C=N–C) groups is 1. The van der Waals surface area contributed by atoms with Crippen LogP contribution in [-0.2, 0) is 16.0 Å². The van der Waals surface area contributed by atoms with E-state index in [1.807, 2.05) is 18.2 Å². The Labute approximate surface area is 223 Å². The summed E-state index contributed by atoms with van der Waals surface area (Å²) in [4.78, 5) is 32.2. The molecule has 192 valence electrons. The quantitative estimate of drug-likeness (QED) is 0.376. The molecular weight excluding hydrogens is 517 g/mol. The smallest absolute Gasteiger partial charge is 0.242 e. The molecule has 1 N–H and O–H groups in total. The third kappa shape index (κ3) is 6.81. The second kappa shape index (κ2) is 12.1. The van der Waals surface area contributed by atoms with Crippen molar-refractivity contribution in [2.75, 3.05) is 26.1 Å². The van der Waals surface area contributed by atoms with E-state index in [0.717, 1.165) is 5.56 Å². The van der Waals surface area contributed by atoms with Crippen molar-refractivity contribution in [1.82, 2.24) is 4.90 Å². The fraction of sp³-hybridized carbons (Fsp3) is 0.222. The van der Waals surface area contributed by atoms with Gasteiger partial charge in [0, 0.05) is 23.7 Å². The van der Waals surface area contributed by atoms with Crippen molar-refractivity contribution < 1.29 is 23.5 Å². The Hall–Kier alpha value is -3.56. The van der Waals surface area contributed by atoms with Crippen LogP contribution in [0.1, 0.15) is 12.0 Å². The molecule has 37 heavy (non-hydrogen) atoms. The lowest BCUT2D eigenvalue weighted by molar-refractivity contribution is -0.128.